The van der Waals surface area contributed by atoms with Crippen LogP contribution >= 0.6 is 11.3 Å². The second-order valence-electron chi connectivity index (χ2n) is 5.75. The summed E-state index contributed by atoms with van der Waals surface area (Å²) in [6, 6.07) is 15.4. The lowest BCUT2D eigenvalue weighted by Crippen LogP contribution is -2.26. The van der Waals surface area contributed by atoms with Crippen LogP contribution < -0.4 is 4.90 Å². The Kier molecular flexibility index (Phi) is 3.54. The summed E-state index contributed by atoms with van der Waals surface area (Å²) in [5.74, 6) is -1.74. The first-order valence-electron chi connectivity index (χ1n) is 7.61. The van der Waals surface area contributed by atoms with E-state index in [2.05, 4.69) is 4.98 Å². The minimum absolute atomic E-state index is 0.0452. The van der Waals surface area contributed by atoms with E-state index >= 15 is 0 Å². The number of anilines is 1. The molecule has 0 bridgehead atoms. The fourth-order valence-corrected chi connectivity index (χ4v) is 3.98. The van der Waals surface area contributed by atoms with Gasteiger partial charge in [0.25, 0.3) is 0 Å². The van der Waals surface area contributed by atoms with Crippen LogP contribution in [-0.4, -0.2) is 28.5 Å². The van der Waals surface area contributed by atoms with Crippen LogP contribution in [0.15, 0.2) is 48.5 Å². The fraction of sp³-hybridized carbons (Fsp3) is 0.167. The number of carbonyl (C=O) groups is 2. The first kappa shape index (κ1) is 14.8. The SMILES string of the molecule is O=C(O)[C@H]1CC(=O)N(c2ccccc2-c2nc3ccccc3s2)C1. The molecule has 1 amide bonds. The Morgan fingerprint density at radius 1 is 1.17 bits per heavy atom. The molecule has 1 aromatic heterocycles. The first-order chi connectivity index (χ1) is 11.6. The minimum atomic E-state index is -0.927. The summed E-state index contributed by atoms with van der Waals surface area (Å²) in [6.07, 6.45) is 0.0452. The molecule has 120 valence electrons. The fourth-order valence-electron chi connectivity index (χ4n) is 2.98. The molecule has 0 radical (unpaired) electrons. The summed E-state index contributed by atoms with van der Waals surface area (Å²) >= 11 is 1.57. The number of hydrogen-bond acceptors (Lipinski definition) is 4. The van der Waals surface area contributed by atoms with Gasteiger partial charge in [-0.05, 0) is 24.3 Å². The van der Waals surface area contributed by atoms with Gasteiger partial charge >= 0.3 is 5.97 Å². The van der Waals surface area contributed by atoms with Crippen LogP contribution in [0.1, 0.15) is 6.42 Å². The zero-order valence-electron chi connectivity index (χ0n) is 12.7. The van der Waals surface area contributed by atoms with Gasteiger partial charge < -0.3 is 10.0 Å². The molecule has 1 aliphatic heterocycles. The van der Waals surface area contributed by atoms with E-state index in [9.17, 15) is 14.7 Å². The average molecular weight is 338 g/mol. The van der Waals surface area contributed by atoms with Crippen LogP contribution in [0.3, 0.4) is 0 Å². The molecule has 6 heteroatoms. The Bertz CT molecular complexity index is 917. The van der Waals surface area contributed by atoms with E-state index in [0.29, 0.717) is 0 Å². The van der Waals surface area contributed by atoms with Gasteiger partial charge in [-0.1, -0.05) is 24.3 Å². The Morgan fingerprint density at radius 3 is 2.67 bits per heavy atom. The highest BCUT2D eigenvalue weighted by molar-refractivity contribution is 7.21. The van der Waals surface area contributed by atoms with Gasteiger partial charge in [-0.3, -0.25) is 9.59 Å². The van der Waals surface area contributed by atoms with Crippen LogP contribution in [0.25, 0.3) is 20.8 Å². The number of aromatic nitrogens is 1. The molecule has 1 N–H and O–H groups in total. The van der Waals surface area contributed by atoms with E-state index in [-0.39, 0.29) is 18.9 Å². The van der Waals surface area contributed by atoms with Crippen molar-refractivity contribution in [2.45, 2.75) is 6.42 Å². The molecule has 0 spiro atoms. The topological polar surface area (TPSA) is 70.5 Å². The molecule has 3 aromatic rings. The third kappa shape index (κ3) is 2.45. The van der Waals surface area contributed by atoms with Gasteiger partial charge in [-0.2, -0.15) is 0 Å². The molecule has 0 unspecified atom stereocenters. The molecule has 1 aliphatic rings. The van der Waals surface area contributed by atoms with Crippen molar-refractivity contribution in [2.24, 2.45) is 5.92 Å². The number of rotatable bonds is 3. The largest absolute Gasteiger partial charge is 0.481 e. The van der Waals surface area contributed by atoms with E-state index in [4.69, 9.17) is 0 Å². The van der Waals surface area contributed by atoms with Gasteiger partial charge in [-0.15, -0.1) is 11.3 Å². The number of benzene rings is 2. The van der Waals surface area contributed by atoms with Crippen LogP contribution in [0.4, 0.5) is 5.69 Å². The van der Waals surface area contributed by atoms with E-state index in [0.717, 1.165) is 26.5 Å². The van der Waals surface area contributed by atoms with Crippen molar-refractivity contribution in [3.63, 3.8) is 0 Å². The van der Waals surface area contributed by atoms with Crippen LogP contribution in [0, 0.1) is 5.92 Å². The Labute approximate surface area is 142 Å². The number of para-hydroxylation sites is 2. The van der Waals surface area contributed by atoms with Crippen LogP contribution in [0.5, 0.6) is 0 Å². The number of fused-ring (bicyclic) bond motifs is 1. The second-order valence-corrected chi connectivity index (χ2v) is 6.78. The predicted molar refractivity (Wildman–Crippen MR) is 93.2 cm³/mol. The zero-order valence-corrected chi connectivity index (χ0v) is 13.5. The average Bonchev–Trinajstić information content (AvgIpc) is 3.18. The quantitative estimate of drug-likeness (QED) is 0.794. The molecule has 0 aliphatic carbocycles. The molecule has 24 heavy (non-hydrogen) atoms. The van der Waals surface area contributed by atoms with Crippen molar-refractivity contribution in [1.82, 2.24) is 4.98 Å². The van der Waals surface area contributed by atoms with Crippen molar-refractivity contribution >= 4 is 39.1 Å². The lowest BCUT2D eigenvalue weighted by Gasteiger charge is -2.19. The predicted octanol–water partition coefficient (Wildman–Crippen LogP) is 3.40. The number of carboxylic acid groups (broad SMARTS) is 1. The molecule has 1 fully saturated rings. The van der Waals surface area contributed by atoms with Crippen molar-refractivity contribution in [1.29, 1.82) is 0 Å². The van der Waals surface area contributed by atoms with Crippen molar-refractivity contribution in [2.75, 3.05) is 11.4 Å². The van der Waals surface area contributed by atoms with Gasteiger partial charge in [0.2, 0.25) is 5.91 Å². The van der Waals surface area contributed by atoms with Crippen molar-refractivity contribution in [3.05, 3.63) is 48.5 Å². The zero-order chi connectivity index (χ0) is 16.7. The molecule has 2 aromatic carbocycles. The third-order valence-corrected chi connectivity index (χ3v) is 5.26. The molecule has 1 saturated heterocycles. The molecule has 2 heterocycles. The molecule has 1 atom stereocenters. The Hall–Kier alpha value is -2.73. The summed E-state index contributed by atoms with van der Waals surface area (Å²) in [5, 5.41) is 10.0. The number of carboxylic acids is 1. The standard InChI is InChI=1S/C18H14N2O3S/c21-16-9-11(18(22)23)10-20(16)14-7-3-1-5-12(14)17-19-13-6-2-4-8-15(13)24-17/h1-8,11H,9-10H2,(H,22,23)/t11-/m0/s1. The normalized spacial score (nSPS) is 17.6. The number of thiazole rings is 1. The monoisotopic (exact) mass is 338 g/mol. The van der Waals surface area contributed by atoms with Crippen LogP contribution in [0.2, 0.25) is 0 Å². The second kappa shape index (κ2) is 5.72. The summed E-state index contributed by atoms with van der Waals surface area (Å²) in [4.78, 5) is 29.7. The Morgan fingerprint density at radius 2 is 1.92 bits per heavy atom. The molecular weight excluding hydrogens is 324 g/mol. The Balaban J connectivity index is 1.78. The van der Waals surface area contributed by atoms with E-state index in [1.165, 1.54) is 0 Å². The number of hydrogen-bond donors (Lipinski definition) is 1. The highest BCUT2D eigenvalue weighted by atomic mass is 32.1. The molecular formula is C18H14N2O3S. The minimum Gasteiger partial charge on any atom is -0.481 e. The summed E-state index contributed by atoms with van der Waals surface area (Å²) < 4.78 is 1.08. The van der Waals surface area contributed by atoms with Gasteiger partial charge in [0.05, 0.1) is 21.8 Å². The molecule has 0 saturated carbocycles. The smallest absolute Gasteiger partial charge is 0.308 e. The van der Waals surface area contributed by atoms with Gasteiger partial charge in [0.1, 0.15) is 5.01 Å². The summed E-state index contributed by atoms with van der Waals surface area (Å²) in [7, 11) is 0. The maximum atomic E-state index is 12.3. The lowest BCUT2D eigenvalue weighted by molar-refractivity contribution is -0.141. The van der Waals surface area contributed by atoms with E-state index < -0.39 is 11.9 Å². The molecule has 4 rings (SSSR count). The van der Waals surface area contributed by atoms with E-state index in [1.807, 2.05) is 48.5 Å². The van der Waals surface area contributed by atoms with Crippen molar-refractivity contribution < 1.29 is 14.7 Å². The molecule has 5 nitrogen and oxygen atoms in total. The first-order valence-corrected chi connectivity index (χ1v) is 8.43. The number of amides is 1. The number of nitrogens with zero attached hydrogens (tertiary/aromatic N) is 2. The summed E-state index contributed by atoms with van der Waals surface area (Å²) in [5.41, 5.74) is 2.51. The maximum Gasteiger partial charge on any atom is 0.308 e. The van der Waals surface area contributed by atoms with Gasteiger partial charge in [-0.25, -0.2) is 4.98 Å². The highest BCUT2D eigenvalue weighted by Crippen LogP contribution is 2.38. The van der Waals surface area contributed by atoms with E-state index in [1.54, 1.807) is 16.2 Å². The summed E-state index contributed by atoms with van der Waals surface area (Å²) in [6.45, 7) is 0.204. The number of carbonyl (C=O) groups excluding carboxylic acids is 1. The maximum absolute atomic E-state index is 12.3. The number of aliphatic carboxylic acids is 1. The van der Waals surface area contributed by atoms with Gasteiger partial charge in [0.15, 0.2) is 0 Å². The highest BCUT2D eigenvalue weighted by Gasteiger charge is 2.36. The third-order valence-electron chi connectivity index (χ3n) is 4.19. The van der Waals surface area contributed by atoms with Gasteiger partial charge in [0, 0.05) is 18.5 Å². The van der Waals surface area contributed by atoms with Crippen LogP contribution in [-0.2, 0) is 9.59 Å². The lowest BCUT2D eigenvalue weighted by atomic mass is 10.1. The van der Waals surface area contributed by atoms with Crippen molar-refractivity contribution in [3.8, 4) is 10.6 Å².